The van der Waals surface area contributed by atoms with E-state index in [1.807, 2.05) is 6.92 Å². The highest BCUT2D eigenvalue weighted by Gasteiger charge is 2.46. The lowest BCUT2D eigenvalue weighted by molar-refractivity contribution is -0.0896. The molecule has 1 aliphatic carbocycles. The summed E-state index contributed by atoms with van der Waals surface area (Å²) in [5.41, 5.74) is -0.921. The lowest BCUT2D eigenvalue weighted by Gasteiger charge is -2.22. The van der Waals surface area contributed by atoms with Gasteiger partial charge in [-0.25, -0.2) is 0 Å². The van der Waals surface area contributed by atoms with E-state index < -0.39 is 28.9 Å². The van der Waals surface area contributed by atoms with E-state index in [0.717, 1.165) is 36.7 Å². The van der Waals surface area contributed by atoms with Crippen LogP contribution < -0.4 is 0 Å². The zero-order valence-corrected chi connectivity index (χ0v) is 22.6. The number of fused-ring (bicyclic) bond motifs is 1. The Morgan fingerprint density at radius 3 is 1.83 bits per heavy atom. The van der Waals surface area contributed by atoms with Crippen molar-refractivity contribution in [2.24, 2.45) is 17.8 Å². The lowest BCUT2D eigenvalue weighted by Crippen LogP contribution is -2.30. The standard InChI is InChI=1S/C31H43F3O2/c1-21(2)11-8-12-22(3)13-9-14-23(4)15-10-16-24(5)19-20-27-28(31(32,33)34)30(36)26-18-7-6-17-25(26)29(27)35/h6-7,17-19,21-23H,8-16,20H2,1-5H3/b24-19+/t22-,23-/m1/s1. The Hall–Kier alpha value is -2.17. The van der Waals surface area contributed by atoms with Gasteiger partial charge in [0.2, 0.25) is 0 Å². The first-order chi connectivity index (χ1) is 16.9. The Balaban J connectivity index is 1.85. The van der Waals surface area contributed by atoms with E-state index in [9.17, 15) is 22.8 Å². The molecular formula is C31H43F3O2. The largest absolute Gasteiger partial charge is 0.420 e. The number of alkyl halides is 3. The Kier molecular flexibility index (Phi) is 11.6. The number of hydrogen-bond acceptors (Lipinski definition) is 2. The zero-order valence-electron chi connectivity index (χ0n) is 22.6. The SMILES string of the molecule is C/C(=C\CC1=C(C(F)(F)F)C(=O)c2ccccc2C1=O)CCC[C@H](C)CCC[C@H](C)CCCC(C)C. The topological polar surface area (TPSA) is 34.1 Å². The minimum atomic E-state index is -4.86. The molecule has 2 nitrogen and oxygen atoms in total. The van der Waals surface area contributed by atoms with Crippen molar-refractivity contribution in [1.82, 2.24) is 0 Å². The van der Waals surface area contributed by atoms with E-state index in [-0.39, 0.29) is 17.5 Å². The van der Waals surface area contributed by atoms with Crippen molar-refractivity contribution in [3.63, 3.8) is 0 Å². The molecule has 0 amide bonds. The van der Waals surface area contributed by atoms with E-state index in [2.05, 4.69) is 27.7 Å². The first-order valence-electron chi connectivity index (χ1n) is 13.6. The summed E-state index contributed by atoms with van der Waals surface area (Å²) in [6.45, 7) is 11.1. The van der Waals surface area contributed by atoms with Gasteiger partial charge < -0.3 is 0 Å². The van der Waals surface area contributed by atoms with Crippen molar-refractivity contribution in [1.29, 1.82) is 0 Å². The fourth-order valence-corrected chi connectivity index (χ4v) is 5.01. The molecule has 0 aromatic heterocycles. The summed E-state index contributed by atoms with van der Waals surface area (Å²) in [6.07, 6.45) is 7.11. The summed E-state index contributed by atoms with van der Waals surface area (Å²) in [5.74, 6) is 0.364. The summed E-state index contributed by atoms with van der Waals surface area (Å²) in [4.78, 5) is 25.4. The second-order valence-electron chi connectivity index (χ2n) is 11.2. The predicted octanol–water partition coefficient (Wildman–Crippen LogP) is 9.70. The molecule has 0 aliphatic heterocycles. The van der Waals surface area contributed by atoms with Crippen molar-refractivity contribution in [3.05, 3.63) is 58.2 Å². The number of rotatable bonds is 14. The van der Waals surface area contributed by atoms with Crippen molar-refractivity contribution in [2.45, 2.75) is 105 Å². The summed E-state index contributed by atoms with van der Waals surface area (Å²) < 4.78 is 41.2. The van der Waals surface area contributed by atoms with Crippen LogP contribution in [0.3, 0.4) is 0 Å². The Morgan fingerprint density at radius 1 is 0.806 bits per heavy atom. The number of allylic oxidation sites excluding steroid dienone is 4. The van der Waals surface area contributed by atoms with Crippen LogP contribution in [0.2, 0.25) is 0 Å². The number of Topliss-reactive ketones (excluding diaryl/α,β-unsaturated/α-hetero) is 2. The van der Waals surface area contributed by atoms with Gasteiger partial charge >= 0.3 is 6.18 Å². The number of hydrogen-bond donors (Lipinski definition) is 0. The molecule has 0 spiro atoms. The second kappa shape index (κ2) is 13.9. The Labute approximate surface area is 215 Å². The smallest absolute Gasteiger partial charge is 0.289 e. The summed E-state index contributed by atoms with van der Waals surface area (Å²) >= 11 is 0. The molecule has 0 heterocycles. The van der Waals surface area contributed by atoms with Crippen LogP contribution in [0.25, 0.3) is 0 Å². The molecule has 0 saturated heterocycles. The molecule has 2 rings (SSSR count). The number of benzene rings is 1. The molecule has 0 radical (unpaired) electrons. The number of carbonyl (C=O) groups excluding carboxylic acids is 2. The van der Waals surface area contributed by atoms with Gasteiger partial charge in [0.25, 0.3) is 0 Å². The molecule has 0 unspecified atom stereocenters. The van der Waals surface area contributed by atoms with Crippen LogP contribution in [-0.2, 0) is 0 Å². The predicted molar refractivity (Wildman–Crippen MR) is 141 cm³/mol. The monoisotopic (exact) mass is 504 g/mol. The fourth-order valence-electron chi connectivity index (χ4n) is 5.01. The van der Waals surface area contributed by atoms with E-state index in [1.165, 1.54) is 56.7 Å². The van der Waals surface area contributed by atoms with Gasteiger partial charge in [-0.15, -0.1) is 0 Å². The van der Waals surface area contributed by atoms with Crippen LogP contribution >= 0.6 is 0 Å². The Morgan fingerprint density at radius 2 is 1.31 bits per heavy atom. The van der Waals surface area contributed by atoms with Crippen molar-refractivity contribution < 1.29 is 22.8 Å². The first kappa shape index (κ1) is 30.1. The first-order valence-corrected chi connectivity index (χ1v) is 13.6. The molecule has 1 aromatic rings. The molecule has 0 fully saturated rings. The number of carbonyl (C=O) groups is 2. The molecule has 0 bridgehead atoms. The van der Waals surface area contributed by atoms with Crippen molar-refractivity contribution in [2.75, 3.05) is 0 Å². The quantitative estimate of drug-likeness (QED) is 0.236. The molecule has 200 valence electrons. The minimum Gasteiger partial charge on any atom is -0.289 e. The van der Waals surface area contributed by atoms with Gasteiger partial charge in [0.15, 0.2) is 11.6 Å². The lowest BCUT2D eigenvalue weighted by atomic mass is 9.82. The summed E-state index contributed by atoms with van der Waals surface area (Å²) in [6, 6.07) is 5.75. The van der Waals surface area contributed by atoms with Crippen LogP contribution in [0.5, 0.6) is 0 Å². The summed E-state index contributed by atoms with van der Waals surface area (Å²) in [7, 11) is 0. The van der Waals surface area contributed by atoms with Gasteiger partial charge in [0, 0.05) is 16.7 Å². The highest BCUT2D eigenvalue weighted by Crippen LogP contribution is 2.38. The molecule has 0 saturated carbocycles. The maximum Gasteiger partial charge on any atom is 0.420 e. The highest BCUT2D eigenvalue weighted by molar-refractivity contribution is 6.27. The molecule has 36 heavy (non-hydrogen) atoms. The zero-order chi connectivity index (χ0) is 26.9. The van der Waals surface area contributed by atoms with E-state index >= 15 is 0 Å². The molecule has 0 N–H and O–H groups in total. The van der Waals surface area contributed by atoms with Gasteiger partial charge in [0.05, 0.1) is 0 Å². The third kappa shape index (κ3) is 9.05. The third-order valence-corrected chi connectivity index (χ3v) is 7.30. The summed E-state index contributed by atoms with van der Waals surface area (Å²) in [5, 5.41) is 0. The van der Waals surface area contributed by atoms with E-state index in [4.69, 9.17) is 0 Å². The maximum absolute atomic E-state index is 13.7. The van der Waals surface area contributed by atoms with Gasteiger partial charge in [-0.05, 0) is 43.9 Å². The van der Waals surface area contributed by atoms with E-state index in [0.29, 0.717) is 5.92 Å². The molecule has 1 aromatic carbocycles. The molecule has 2 atom stereocenters. The fraction of sp³-hybridized carbons (Fsp3) is 0.613. The van der Waals surface area contributed by atoms with Crippen LogP contribution in [0.4, 0.5) is 13.2 Å². The average molecular weight is 505 g/mol. The average Bonchev–Trinajstić information content (AvgIpc) is 2.79. The third-order valence-electron chi connectivity index (χ3n) is 7.30. The van der Waals surface area contributed by atoms with Gasteiger partial charge in [-0.3, -0.25) is 9.59 Å². The molecule has 5 heteroatoms. The normalized spacial score (nSPS) is 16.5. The van der Waals surface area contributed by atoms with Crippen molar-refractivity contribution in [3.8, 4) is 0 Å². The van der Waals surface area contributed by atoms with Gasteiger partial charge in [-0.2, -0.15) is 13.2 Å². The van der Waals surface area contributed by atoms with E-state index in [1.54, 1.807) is 12.1 Å². The second-order valence-corrected chi connectivity index (χ2v) is 11.2. The highest BCUT2D eigenvalue weighted by atomic mass is 19.4. The number of ketones is 2. The van der Waals surface area contributed by atoms with Gasteiger partial charge in [-0.1, -0.05) is 109 Å². The van der Waals surface area contributed by atoms with Crippen LogP contribution in [0.1, 0.15) is 120 Å². The molecule has 1 aliphatic rings. The van der Waals surface area contributed by atoms with Crippen LogP contribution in [0, 0.1) is 17.8 Å². The Bertz CT molecular complexity index is 953. The maximum atomic E-state index is 13.7. The minimum absolute atomic E-state index is 0.0552. The van der Waals surface area contributed by atoms with Crippen molar-refractivity contribution >= 4 is 11.6 Å². The van der Waals surface area contributed by atoms with Gasteiger partial charge in [0.1, 0.15) is 5.57 Å². The van der Waals surface area contributed by atoms with Crippen LogP contribution in [0.15, 0.2) is 47.1 Å². The molecular weight excluding hydrogens is 461 g/mol. The van der Waals surface area contributed by atoms with Crippen LogP contribution in [-0.4, -0.2) is 17.7 Å². The number of halogens is 3.